The molecule has 10 rings (SSSR count). The van der Waals surface area contributed by atoms with Gasteiger partial charge in [0.25, 0.3) is 0 Å². The second-order valence-electron chi connectivity index (χ2n) is 16.2. The van der Waals surface area contributed by atoms with Crippen LogP contribution in [0.15, 0.2) is 110 Å². The molecule has 0 fully saturated rings. The van der Waals surface area contributed by atoms with E-state index in [1.807, 2.05) is 75.3 Å². The fourth-order valence-electron chi connectivity index (χ4n) is 8.49. The van der Waals surface area contributed by atoms with Crippen molar-refractivity contribution in [3.05, 3.63) is 188 Å². The zero-order valence-corrected chi connectivity index (χ0v) is 36.8. The third kappa shape index (κ3) is 9.12. The van der Waals surface area contributed by atoms with Gasteiger partial charge in [-0.05, 0) is 147 Å². The number of fused-ring (bicyclic) bond motifs is 2. The first-order valence-corrected chi connectivity index (χ1v) is 21.9. The van der Waals surface area contributed by atoms with Gasteiger partial charge in [-0.15, -0.1) is 0 Å². The second-order valence-corrected chi connectivity index (χ2v) is 17.1. The summed E-state index contributed by atoms with van der Waals surface area (Å²) in [6.45, 7) is 10.1. The van der Waals surface area contributed by atoms with Crippen LogP contribution in [0, 0.1) is 27.7 Å². The molecule has 0 aliphatic carbocycles. The number of nitrogens with zero attached hydrogens (tertiary/aromatic N) is 10. The molecule has 2 aliphatic heterocycles. The normalized spacial score (nSPS) is 16.0. The van der Waals surface area contributed by atoms with E-state index in [9.17, 15) is 0 Å². The minimum atomic E-state index is 0.265. The fourth-order valence-corrected chi connectivity index (χ4v) is 8.74. The minimum absolute atomic E-state index is 0.265. The molecule has 0 unspecified atom stereocenters. The van der Waals surface area contributed by atoms with Gasteiger partial charge >= 0.3 is 0 Å². The molecule has 0 amide bonds. The van der Waals surface area contributed by atoms with Crippen molar-refractivity contribution in [2.75, 3.05) is 0 Å². The van der Waals surface area contributed by atoms with Crippen LogP contribution in [-0.4, -0.2) is 48.6 Å². The van der Waals surface area contributed by atoms with E-state index in [4.69, 9.17) is 43.4 Å². The first-order chi connectivity index (χ1) is 30.1. The zero-order valence-electron chi connectivity index (χ0n) is 35.3. The van der Waals surface area contributed by atoms with Gasteiger partial charge in [-0.1, -0.05) is 71.8 Å². The molecule has 4 aromatic heterocycles. The molecule has 0 spiro atoms. The minimum Gasteiger partial charge on any atom is -0.306 e. The molecule has 0 saturated heterocycles. The van der Waals surface area contributed by atoms with Crippen molar-refractivity contribution in [1.82, 2.24) is 48.6 Å². The van der Waals surface area contributed by atoms with Crippen molar-refractivity contribution in [1.29, 1.82) is 0 Å². The fraction of sp³-hybridized carbons (Fsp3) is 0.240. The highest BCUT2D eigenvalue weighted by atomic mass is 35.5. The van der Waals surface area contributed by atoms with Gasteiger partial charge < -0.3 is 9.13 Å². The maximum Gasteiger partial charge on any atom is 0.174 e. The molecule has 0 saturated carbocycles. The van der Waals surface area contributed by atoms with Gasteiger partial charge in [0.15, 0.2) is 11.6 Å². The van der Waals surface area contributed by atoms with Gasteiger partial charge in [0.1, 0.15) is 11.6 Å². The van der Waals surface area contributed by atoms with Crippen LogP contribution < -0.4 is 0 Å². The Balaban J connectivity index is 0.000000158. The molecule has 0 bridgehead atoms. The van der Waals surface area contributed by atoms with E-state index >= 15 is 0 Å². The molecule has 8 aromatic rings. The summed E-state index contributed by atoms with van der Waals surface area (Å²) in [6, 6.07) is 29.0. The summed E-state index contributed by atoms with van der Waals surface area (Å²) < 4.78 is 8.22. The smallest absolute Gasteiger partial charge is 0.174 e. The third-order valence-corrected chi connectivity index (χ3v) is 12.1. The van der Waals surface area contributed by atoms with Crippen molar-refractivity contribution in [2.24, 2.45) is 0 Å². The van der Waals surface area contributed by atoms with Crippen LogP contribution in [0.4, 0.5) is 0 Å². The quantitative estimate of drug-likeness (QED) is 0.151. The molecule has 12 heteroatoms. The Bertz CT molecular complexity index is 2700. The lowest BCUT2D eigenvalue weighted by Crippen LogP contribution is -2.17. The van der Waals surface area contributed by atoms with Crippen molar-refractivity contribution < 1.29 is 0 Å². The average molecular weight is 860 g/mol. The molecule has 2 atom stereocenters. The largest absolute Gasteiger partial charge is 0.306 e. The van der Waals surface area contributed by atoms with E-state index in [0.29, 0.717) is 0 Å². The molecule has 0 radical (unpaired) electrons. The number of aryl methyl sites for hydroxylation is 6. The molecular weight excluding hydrogens is 812 g/mol. The summed E-state index contributed by atoms with van der Waals surface area (Å²) in [5.74, 6) is 4.11. The Morgan fingerprint density at radius 3 is 1.32 bits per heavy atom. The molecule has 62 heavy (non-hydrogen) atoms. The van der Waals surface area contributed by atoms with Crippen molar-refractivity contribution in [2.45, 2.75) is 78.3 Å². The molecule has 0 N–H and O–H groups in total. The molecule has 10 nitrogen and oxygen atoms in total. The summed E-state index contributed by atoms with van der Waals surface area (Å²) in [5, 5.41) is 11.0. The van der Waals surface area contributed by atoms with Gasteiger partial charge in [-0.2, -0.15) is 10.2 Å². The summed E-state index contributed by atoms with van der Waals surface area (Å²) >= 11 is 12.1. The number of aromatic nitrogens is 10. The van der Waals surface area contributed by atoms with Gasteiger partial charge in [0.2, 0.25) is 0 Å². The number of rotatable bonds is 8. The number of hydrogen-bond donors (Lipinski definition) is 0. The Hall–Kier alpha value is -6.36. The monoisotopic (exact) mass is 858 g/mol. The second kappa shape index (κ2) is 17.9. The van der Waals surface area contributed by atoms with E-state index in [2.05, 4.69) is 115 Å². The van der Waals surface area contributed by atoms with Gasteiger partial charge in [0, 0.05) is 58.7 Å². The van der Waals surface area contributed by atoms with E-state index < -0.39 is 0 Å². The maximum absolute atomic E-state index is 6.06. The lowest BCUT2D eigenvalue weighted by atomic mass is 9.91. The average Bonchev–Trinajstić information content (AvgIpc) is 4.10. The summed E-state index contributed by atoms with van der Waals surface area (Å²) in [7, 11) is 0. The van der Waals surface area contributed by atoms with Crippen LogP contribution in [0.3, 0.4) is 0 Å². The van der Waals surface area contributed by atoms with Crippen molar-refractivity contribution in [3.8, 4) is 11.4 Å². The lowest BCUT2D eigenvalue weighted by molar-refractivity contribution is 0.445. The Morgan fingerprint density at radius 1 is 0.532 bits per heavy atom. The lowest BCUT2D eigenvalue weighted by Gasteiger charge is -2.22. The van der Waals surface area contributed by atoms with Crippen molar-refractivity contribution >= 4 is 47.5 Å². The van der Waals surface area contributed by atoms with Crippen LogP contribution in [-0.2, 0) is 13.1 Å². The number of halogens is 2. The predicted molar refractivity (Wildman–Crippen MR) is 249 cm³/mol. The van der Waals surface area contributed by atoms with Gasteiger partial charge in [-0.3, -0.25) is 0 Å². The molecular formula is C50H48Cl2N10. The highest BCUT2D eigenvalue weighted by Crippen LogP contribution is 2.34. The summed E-state index contributed by atoms with van der Waals surface area (Å²) in [5.41, 5.74) is 11.4. The molecule has 6 heterocycles. The number of benzene rings is 4. The van der Waals surface area contributed by atoms with E-state index in [-0.39, 0.29) is 11.8 Å². The predicted octanol–water partition coefficient (Wildman–Crippen LogP) is 11.7. The topological polar surface area (TPSA) is 97.1 Å². The highest BCUT2D eigenvalue weighted by Gasteiger charge is 2.26. The summed E-state index contributed by atoms with van der Waals surface area (Å²) in [4.78, 5) is 18.4. The molecule has 312 valence electrons. The maximum atomic E-state index is 6.06. The third-order valence-electron chi connectivity index (χ3n) is 11.6. The zero-order chi connectivity index (χ0) is 42.7. The highest BCUT2D eigenvalue weighted by molar-refractivity contribution is 6.30. The Kier molecular flexibility index (Phi) is 11.9. The SMILES string of the molecule is Cc1cn(-c2ccc(/C=C/c3nc4n(n3)CCC[C@@H]4c3ccc(Cl)cc3)cc2C)cn1.Cc1cn(-c2ccc(/C=C/c3nc4n(n3)CCC[C@H]4c3ccc(Cl)cc3)cc2C)cn1. The van der Waals surface area contributed by atoms with Crippen molar-refractivity contribution in [3.63, 3.8) is 0 Å². The van der Waals surface area contributed by atoms with Gasteiger partial charge in [-0.25, -0.2) is 29.3 Å². The van der Waals surface area contributed by atoms with E-state index in [0.717, 1.165) is 106 Å². The number of hydrogen-bond acceptors (Lipinski definition) is 6. The first-order valence-electron chi connectivity index (χ1n) is 21.1. The Labute approximate surface area is 372 Å². The summed E-state index contributed by atoms with van der Waals surface area (Å²) in [6.07, 6.45) is 20.3. The first kappa shape index (κ1) is 41.0. The Morgan fingerprint density at radius 2 is 0.952 bits per heavy atom. The van der Waals surface area contributed by atoms with E-state index in [1.54, 1.807) is 0 Å². The standard InChI is InChI=1S/2C25H24ClN5/c2*1-17-14-19(5-11-23(17)30-15-18(2)27-16-30)6-12-24-28-25-22(4-3-13-31(25)29-24)20-7-9-21(26)10-8-20/h2*5-12,14-16,22H,3-4,13H2,1-2H3/b2*12-6+/t2*22-/m10/s1. The van der Waals surface area contributed by atoms with Gasteiger partial charge in [0.05, 0.1) is 24.0 Å². The van der Waals surface area contributed by atoms with Crippen LogP contribution >= 0.6 is 23.2 Å². The van der Waals surface area contributed by atoms with E-state index in [1.165, 1.54) is 22.3 Å². The van der Waals surface area contributed by atoms with Crippen LogP contribution in [0.5, 0.6) is 0 Å². The molecule has 2 aliphatic rings. The van der Waals surface area contributed by atoms with Crippen LogP contribution in [0.2, 0.25) is 10.0 Å². The molecule has 4 aromatic carbocycles. The van der Waals surface area contributed by atoms with Crippen LogP contribution in [0.25, 0.3) is 35.7 Å². The number of imidazole rings is 2. The van der Waals surface area contributed by atoms with Crippen LogP contribution in [0.1, 0.15) is 106 Å².